The summed E-state index contributed by atoms with van der Waals surface area (Å²) >= 11 is 0. The molecule has 2 unspecified atom stereocenters. The largest absolute Gasteiger partial charge is 0.333 e. The van der Waals surface area contributed by atoms with Crippen LogP contribution >= 0.6 is 0 Å². The molecule has 0 bridgehead atoms. The Labute approximate surface area is 333 Å². The van der Waals surface area contributed by atoms with E-state index in [9.17, 15) is 4.39 Å². The maximum Gasteiger partial charge on any atom is 0.123 e. The van der Waals surface area contributed by atoms with Gasteiger partial charge in [0, 0.05) is 34.4 Å². The molecule has 0 saturated heterocycles. The lowest BCUT2D eigenvalue weighted by molar-refractivity contribution is 0.628. The normalized spacial score (nSPS) is 15.3. The molecule has 2 aliphatic rings. The summed E-state index contributed by atoms with van der Waals surface area (Å²) in [6.07, 6.45) is 9.00. The van der Waals surface area contributed by atoms with E-state index < -0.39 is 0 Å². The third-order valence-electron chi connectivity index (χ3n) is 11.3. The Morgan fingerprint density at radius 1 is 0.386 bits per heavy atom. The third-order valence-corrected chi connectivity index (χ3v) is 11.3. The Bertz CT molecular complexity index is 2710. The smallest absolute Gasteiger partial charge is 0.123 e. The van der Waals surface area contributed by atoms with Gasteiger partial charge in [-0.2, -0.15) is 0 Å². The van der Waals surface area contributed by atoms with Gasteiger partial charge in [0.25, 0.3) is 0 Å². The fourth-order valence-electron chi connectivity index (χ4n) is 8.41. The Hall–Kier alpha value is -7.23. The zero-order chi connectivity index (χ0) is 38.1. The molecule has 0 fully saturated rings. The van der Waals surface area contributed by atoms with E-state index in [-0.39, 0.29) is 11.9 Å². The topological polar surface area (TPSA) is 6.48 Å². The van der Waals surface area contributed by atoms with Crippen LogP contribution in [0.3, 0.4) is 0 Å². The minimum atomic E-state index is -0.227. The Balaban J connectivity index is 0.966. The second-order valence-corrected chi connectivity index (χ2v) is 14.7. The second kappa shape index (κ2) is 14.8. The number of hydrogen-bond donors (Lipinski definition) is 0. The first-order valence-electron chi connectivity index (χ1n) is 19.5. The summed E-state index contributed by atoms with van der Waals surface area (Å²) in [5.41, 5.74) is 16.1. The van der Waals surface area contributed by atoms with Crippen molar-refractivity contribution < 1.29 is 4.39 Å². The van der Waals surface area contributed by atoms with Gasteiger partial charge >= 0.3 is 0 Å². The number of rotatable bonds is 8. The first-order valence-corrected chi connectivity index (χ1v) is 19.5. The minimum Gasteiger partial charge on any atom is -0.333 e. The van der Waals surface area contributed by atoms with Gasteiger partial charge in [-0.1, -0.05) is 158 Å². The lowest BCUT2D eigenvalue weighted by Crippen LogP contribution is -2.28. The Morgan fingerprint density at radius 3 is 1.40 bits per heavy atom. The molecule has 8 aromatic carbocycles. The predicted octanol–water partition coefficient (Wildman–Crippen LogP) is 14.7. The summed E-state index contributed by atoms with van der Waals surface area (Å²) in [4.78, 5) is 4.81. The highest BCUT2D eigenvalue weighted by atomic mass is 19.1. The van der Waals surface area contributed by atoms with Gasteiger partial charge in [-0.05, 0) is 117 Å². The van der Waals surface area contributed by atoms with Crippen LogP contribution < -0.4 is 9.80 Å². The number of nitrogens with zero attached hydrogens (tertiary/aromatic N) is 2. The van der Waals surface area contributed by atoms with Crippen molar-refractivity contribution in [2.75, 3.05) is 9.80 Å². The average Bonchev–Trinajstić information content (AvgIpc) is 3.62. The Morgan fingerprint density at radius 2 is 0.825 bits per heavy atom. The average molecular weight is 735 g/mol. The molecule has 1 heterocycles. The maximum absolute atomic E-state index is 13.5. The molecular formula is C54H39FN2. The number of benzene rings is 8. The van der Waals surface area contributed by atoms with Crippen molar-refractivity contribution >= 4 is 28.4 Å². The van der Waals surface area contributed by atoms with Crippen LogP contribution in [0, 0.1) is 5.82 Å². The van der Waals surface area contributed by atoms with Crippen LogP contribution in [0.1, 0.15) is 11.5 Å². The molecular weight excluding hydrogens is 696 g/mol. The van der Waals surface area contributed by atoms with E-state index >= 15 is 0 Å². The van der Waals surface area contributed by atoms with Crippen LogP contribution in [0.4, 0.5) is 32.8 Å². The SMILES string of the molecule is Fc1ccc(-c2ccc(-c3ccc(N(c4ccc(-c5ccccc5)cc4)c4ccc(-c5cccc(N6c7ccccc7C7C=CC=CC76)c5)cc4)cc3)cc2)cc1. The minimum absolute atomic E-state index is 0.227. The lowest BCUT2D eigenvalue weighted by Gasteiger charge is -2.29. The third kappa shape index (κ3) is 6.64. The number of para-hydroxylation sites is 1. The summed E-state index contributed by atoms with van der Waals surface area (Å²) in [6, 6.07) is 70.1. The van der Waals surface area contributed by atoms with E-state index in [1.165, 1.54) is 51.3 Å². The molecule has 3 heteroatoms. The lowest BCUT2D eigenvalue weighted by atomic mass is 9.91. The fraction of sp³-hybridized carbons (Fsp3) is 0.0370. The summed E-state index contributed by atoms with van der Waals surface area (Å²) in [6.45, 7) is 0. The quantitative estimate of drug-likeness (QED) is 0.153. The van der Waals surface area contributed by atoms with E-state index in [0.717, 1.165) is 39.3 Å². The fourth-order valence-corrected chi connectivity index (χ4v) is 8.41. The van der Waals surface area contributed by atoms with Crippen LogP contribution in [0.2, 0.25) is 0 Å². The molecule has 1 aliphatic carbocycles. The Kier molecular flexibility index (Phi) is 8.89. The van der Waals surface area contributed by atoms with E-state index in [1.54, 1.807) is 0 Å². The van der Waals surface area contributed by atoms with E-state index in [4.69, 9.17) is 0 Å². The van der Waals surface area contributed by atoms with Gasteiger partial charge in [-0.3, -0.25) is 0 Å². The molecule has 57 heavy (non-hydrogen) atoms. The van der Waals surface area contributed by atoms with Gasteiger partial charge in [0.15, 0.2) is 0 Å². The zero-order valence-electron chi connectivity index (χ0n) is 31.3. The second-order valence-electron chi connectivity index (χ2n) is 14.7. The van der Waals surface area contributed by atoms with Crippen molar-refractivity contribution in [3.8, 4) is 44.5 Å². The van der Waals surface area contributed by atoms with Crippen molar-refractivity contribution in [2.24, 2.45) is 0 Å². The first kappa shape index (κ1) is 34.3. The van der Waals surface area contributed by atoms with Gasteiger partial charge in [-0.25, -0.2) is 4.39 Å². The number of fused-ring (bicyclic) bond motifs is 3. The summed E-state index contributed by atoms with van der Waals surface area (Å²) in [5, 5.41) is 0. The highest BCUT2D eigenvalue weighted by Crippen LogP contribution is 2.48. The van der Waals surface area contributed by atoms with E-state index in [2.05, 4.69) is 210 Å². The molecule has 0 N–H and O–H groups in total. The highest BCUT2D eigenvalue weighted by Gasteiger charge is 2.37. The molecule has 10 rings (SSSR count). The van der Waals surface area contributed by atoms with Gasteiger partial charge in [-0.15, -0.1) is 0 Å². The standard InChI is InChI=1S/C54H39FN2/c55-46-29-21-41(22-30-46)39-17-19-40(20-18-39)43-25-33-48(34-26-43)56(47-31-23-42(24-32-47)38-9-2-1-3-10-38)49-35-27-44(28-36-49)45-11-8-12-50(37-45)57-53-15-6-4-13-51(53)52-14-5-7-16-54(52)57/h1-37,51,53H. The molecule has 0 spiro atoms. The van der Waals surface area contributed by atoms with Crippen LogP contribution in [0.5, 0.6) is 0 Å². The van der Waals surface area contributed by atoms with Crippen molar-refractivity contribution in [3.05, 3.63) is 236 Å². The van der Waals surface area contributed by atoms with Gasteiger partial charge in [0.2, 0.25) is 0 Å². The molecule has 0 saturated carbocycles. The maximum atomic E-state index is 13.5. The number of allylic oxidation sites excluding steroid dienone is 2. The molecule has 0 amide bonds. The summed E-state index contributed by atoms with van der Waals surface area (Å²) < 4.78 is 13.5. The molecule has 2 atom stereocenters. The highest BCUT2D eigenvalue weighted by molar-refractivity contribution is 5.83. The molecule has 272 valence electrons. The predicted molar refractivity (Wildman–Crippen MR) is 236 cm³/mol. The molecule has 8 aromatic rings. The number of anilines is 5. The van der Waals surface area contributed by atoms with Crippen molar-refractivity contribution in [1.29, 1.82) is 0 Å². The summed E-state index contributed by atoms with van der Waals surface area (Å²) in [7, 11) is 0. The number of hydrogen-bond acceptors (Lipinski definition) is 2. The zero-order valence-corrected chi connectivity index (χ0v) is 31.3. The molecule has 2 nitrogen and oxygen atoms in total. The molecule has 1 aliphatic heterocycles. The molecule has 0 radical (unpaired) electrons. The van der Waals surface area contributed by atoms with Crippen molar-refractivity contribution in [3.63, 3.8) is 0 Å². The van der Waals surface area contributed by atoms with Crippen LogP contribution in [0.15, 0.2) is 224 Å². The number of halogens is 1. The van der Waals surface area contributed by atoms with Gasteiger partial charge in [0.1, 0.15) is 5.82 Å². The van der Waals surface area contributed by atoms with Gasteiger partial charge < -0.3 is 9.80 Å². The van der Waals surface area contributed by atoms with E-state index in [0.29, 0.717) is 5.92 Å². The van der Waals surface area contributed by atoms with Crippen LogP contribution in [-0.4, -0.2) is 6.04 Å². The first-order chi connectivity index (χ1) is 28.2. The van der Waals surface area contributed by atoms with Gasteiger partial charge in [0.05, 0.1) is 6.04 Å². The van der Waals surface area contributed by atoms with Crippen molar-refractivity contribution in [2.45, 2.75) is 12.0 Å². The van der Waals surface area contributed by atoms with Crippen molar-refractivity contribution in [1.82, 2.24) is 0 Å². The van der Waals surface area contributed by atoms with E-state index in [1.807, 2.05) is 12.1 Å². The monoisotopic (exact) mass is 734 g/mol. The summed E-state index contributed by atoms with van der Waals surface area (Å²) in [5.74, 6) is 0.125. The van der Waals surface area contributed by atoms with Crippen LogP contribution in [-0.2, 0) is 0 Å². The van der Waals surface area contributed by atoms with Crippen LogP contribution in [0.25, 0.3) is 44.5 Å². The molecule has 0 aromatic heterocycles.